The number of amides is 1. The number of aromatic amines is 1. The lowest BCUT2D eigenvalue weighted by Gasteiger charge is -2.38. The van der Waals surface area contributed by atoms with Crippen LogP contribution in [-0.2, 0) is 0 Å². The van der Waals surface area contributed by atoms with Gasteiger partial charge >= 0.3 is 0 Å². The highest BCUT2D eigenvalue weighted by Gasteiger charge is 2.27. The number of carbonyl (C=O) groups excluding carboxylic acids is 1. The van der Waals surface area contributed by atoms with Crippen LogP contribution < -0.4 is 0 Å². The Balaban J connectivity index is 1.42. The van der Waals surface area contributed by atoms with Crippen LogP contribution in [0.3, 0.4) is 0 Å². The van der Waals surface area contributed by atoms with Crippen molar-refractivity contribution in [1.29, 1.82) is 0 Å². The van der Waals surface area contributed by atoms with Crippen molar-refractivity contribution in [1.82, 2.24) is 20.0 Å². The van der Waals surface area contributed by atoms with Gasteiger partial charge in [0, 0.05) is 25.0 Å². The molecule has 0 bridgehead atoms. The summed E-state index contributed by atoms with van der Waals surface area (Å²) in [5.74, 6) is 1.63. The smallest absolute Gasteiger partial charge is 0.254 e. The van der Waals surface area contributed by atoms with Gasteiger partial charge in [0.15, 0.2) is 0 Å². The van der Waals surface area contributed by atoms with Gasteiger partial charge < -0.3 is 9.80 Å². The zero-order valence-corrected chi connectivity index (χ0v) is 15.1. The predicted octanol–water partition coefficient (Wildman–Crippen LogP) is 3.15. The quantitative estimate of drug-likeness (QED) is 0.934. The monoisotopic (exact) mass is 340 g/mol. The fourth-order valence-corrected chi connectivity index (χ4v) is 4.33. The lowest BCUT2D eigenvalue weighted by atomic mass is 9.94. The molecule has 2 aliphatic rings. The third-order valence-electron chi connectivity index (χ3n) is 5.91. The average Bonchev–Trinajstić information content (AvgIpc) is 3.12. The molecule has 1 aromatic heterocycles. The first-order valence-corrected chi connectivity index (χ1v) is 9.64. The van der Waals surface area contributed by atoms with Crippen LogP contribution in [0.5, 0.6) is 0 Å². The molecule has 1 aromatic carbocycles. The maximum absolute atomic E-state index is 13.1. The Morgan fingerprint density at radius 2 is 2.08 bits per heavy atom. The second-order valence-electron chi connectivity index (χ2n) is 7.88. The van der Waals surface area contributed by atoms with Gasteiger partial charge in [-0.15, -0.1) is 0 Å². The van der Waals surface area contributed by atoms with E-state index < -0.39 is 0 Å². The minimum atomic E-state index is 0.156. The van der Waals surface area contributed by atoms with Gasteiger partial charge in [0.25, 0.3) is 5.91 Å². The number of benzene rings is 1. The lowest BCUT2D eigenvalue weighted by molar-refractivity contribution is 0.0624. The van der Waals surface area contributed by atoms with E-state index in [1.165, 1.54) is 32.4 Å². The van der Waals surface area contributed by atoms with E-state index in [4.69, 9.17) is 0 Å². The molecule has 25 heavy (non-hydrogen) atoms. The van der Waals surface area contributed by atoms with Crippen LogP contribution in [0, 0.1) is 11.8 Å². The summed E-state index contributed by atoms with van der Waals surface area (Å²) in [7, 11) is 0. The van der Waals surface area contributed by atoms with E-state index in [0.29, 0.717) is 5.92 Å². The van der Waals surface area contributed by atoms with Crippen molar-refractivity contribution in [2.75, 3.05) is 32.7 Å². The van der Waals surface area contributed by atoms with Gasteiger partial charge in [0.05, 0.1) is 17.3 Å². The van der Waals surface area contributed by atoms with Gasteiger partial charge in [-0.25, -0.2) is 0 Å². The summed E-state index contributed by atoms with van der Waals surface area (Å²) in [5.41, 5.74) is 1.71. The summed E-state index contributed by atoms with van der Waals surface area (Å²) < 4.78 is 0. The van der Waals surface area contributed by atoms with E-state index in [1.54, 1.807) is 6.20 Å². The Morgan fingerprint density at radius 1 is 1.24 bits per heavy atom. The van der Waals surface area contributed by atoms with E-state index >= 15 is 0 Å². The number of rotatable bonds is 3. The van der Waals surface area contributed by atoms with E-state index in [-0.39, 0.29) is 5.91 Å². The molecular formula is C20H28N4O. The molecule has 2 fully saturated rings. The van der Waals surface area contributed by atoms with Crippen molar-refractivity contribution >= 4 is 16.8 Å². The van der Waals surface area contributed by atoms with Gasteiger partial charge in [-0.05, 0) is 62.7 Å². The summed E-state index contributed by atoms with van der Waals surface area (Å²) in [6.07, 6.45) is 6.75. The molecule has 2 saturated heterocycles. The topological polar surface area (TPSA) is 52.2 Å². The van der Waals surface area contributed by atoms with Crippen molar-refractivity contribution < 1.29 is 4.79 Å². The number of nitrogens with one attached hydrogen (secondary N) is 1. The molecular weight excluding hydrogens is 312 g/mol. The molecule has 4 rings (SSSR count). The fraction of sp³-hybridized carbons (Fsp3) is 0.600. The molecule has 0 aliphatic carbocycles. The molecule has 0 spiro atoms. The maximum Gasteiger partial charge on any atom is 0.254 e. The third-order valence-corrected chi connectivity index (χ3v) is 5.91. The van der Waals surface area contributed by atoms with Crippen LogP contribution in [0.25, 0.3) is 10.9 Å². The zero-order valence-electron chi connectivity index (χ0n) is 15.1. The molecule has 5 nitrogen and oxygen atoms in total. The van der Waals surface area contributed by atoms with Gasteiger partial charge in [-0.2, -0.15) is 5.10 Å². The van der Waals surface area contributed by atoms with Gasteiger partial charge in [-0.1, -0.05) is 13.0 Å². The summed E-state index contributed by atoms with van der Waals surface area (Å²) in [6, 6.07) is 5.83. The molecule has 1 atom stereocenters. The number of H-pyrrole nitrogens is 1. The minimum Gasteiger partial charge on any atom is -0.338 e. The largest absolute Gasteiger partial charge is 0.338 e. The Hall–Kier alpha value is -1.88. The summed E-state index contributed by atoms with van der Waals surface area (Å²) in [6.45, 7) is 7.71. The van der Waals surface area contributed by atoms with Crippen molar-refractivity contribution in [3.05, 3.63) is 30.0 Å². The number of hydrogen-bond acceptors (Lipinski definition) is 3. The number of hydrogen-bond donors (Lipinski definition) is 1. The third kappa shape index (κ3) is 3.56. The second-order valence-corrected chi connectivity index (χ2v) is 7.88. The first kappa shape index (κ1) is 16.6. The van der Waals surface area contributed by atoms with Crippen LogP contribution in [-0.4, -0.2) is 58.6 Å². The number of likely N-dealkylation sites (tertiary alicyclic amines) is 2. The van der Waals surface area contributed by atoms with Crippen LogP contribution in [0.15, 0.2) is 24.4 Å². The highest BCUT2D eigenvalue weighted by molar-refractivity contribution is 6.06. The van der Waals surface area contributed by atoms with Crippen molar-refractivity contribution in [2.24, 2.45) is 11.8 Å². The first-order chi connectivity index (χ1) is 12.2. The summed E-state index contributed by atoms with van der Waals surface area (Å²) in [5, 5.41) is 7.97. The van der Waals surface area contributed by atoms with E-state index in [2.05, 4.69) is 26.9 Å². The van der Waals surface area contributed by atoms with Crippen molar-refractivity contribution in [3.63, 3.8) is 0 Å². The van der Waals surface area contributed by atoms with E-state index in [9.17, 15) is 4.79 Å². The fourth-order valence-electron chi connectivity index (χ4n) is 4.33. The molecule has 5 heteroatoms. The van der Waals surface area contributed by atoms with Crippen LogP contribution in [0.4, 0.5) is 0 Å². The molecule has 3 heterocycles. The maximum atomic E-state index is 13.1. The Labute approximate surface area is 149 Å². The SMILES string of the molecule is CC1CCN(C[C@H]2CCCN(C(=O)c3cccc4[nH]ncc34)C2)CC1. The van der Waals surface area contributed by atoms with Crippen LogP contribution in [0.1, 0.15) is 43.0 Å². The molecule has 0 radical (unpaired) electrons. The number of piperidine rings is 2. The molecule has 2 aliphatic heterocycles. The Kier molecular flexibility index (Phi) is 4.75. The lowest BCUT2D eigenvalue weighted by Crippen LogP contribution is -2.45. The number of aromatic nitrogens is 2. The molecule has 0 saturated carbocycles. The predicted molar refractivity (Wildman–Crippen MR) is 99.6 cm³/mol. The van der Waals surface area contributed by atoms with E-state index in [0.717, 1.165) is 48.4 Å². The highest BCUT2D eigenvalue weighted by Crippen LogP contribution is 2.24. The Bertz CT molecular complexity index is 732. The zero-order chi connectivity index (χ0) is 17.2. The summed E-state index contributed by atoms with van der Waals surface area (Å²) in [4.78, 5) is 17.7. The Morgan fingerprint density at radius 3 is 2.92 bits per heavy atom. The van der Waals surface area contributed by atoms with Gasteiger partial charge in [0.2, 0.25) is 0 Å². The molecule has 2 aromatic rings. The standard InChI is InChI=1S/C20H28N4O/c1-15-7-10-23(11-8-15)13-16-4-3-9-24(14-16)20(25)17-5-2-6-19-18(17)12-21-22-19/h2,5-6,12,15-16H,3-4,7-11,13-14H2,1H3,(H,21,22)/t16-/m1/s1. The minimum absolute atomic E-state index is 0.156. The van der Waals surface area contributed by atoms with Crippen LogP contribution in [0.2, 0.25) is 0 Å². The average molecular weight is 340 g/mol. The number of fused-ring (bicyclic) bond motifs is 1. The van der Waals surface area contributed by atoms with Crippen molar-refractivity contribution in [2.45, 2.75) is 32.6 Å². The molecule has 1 N–H and O–H groups in total. The van der Waals surface area contributed by atoms with Crippen molar-refractivity contribution in [3.8, 4) is 0 Å². The molecule has 0 unspecified atom stereocenters. The number of nitrogens with zero attached hydrogens (tertiary/aromatic N) is 3. The van der Waals surface area contributed by atoms with Gasteiger partial charge in [-0.3, -0.25) is 9.89 Å². The van der Waals surface area contributed by atoms with E-state index in [1.807, 2.05) is 18.2 Å². The normalized spacial score (nSPS) is 23.2. The summed E-state index contributed by atoms with van der Waals surface area (Å²) >= 11 is 0. The molecule has 1 amide bonds. The number of carbonyl (C=O) groups is 1. The second kappa shape index (κ2) is 7.16. The first-order valence-electron chi connectivity index (χ1n) is 9.64. The molecule has 134 valence electrons. The van der Waals surface area contributed by atoms with Crippen LogP contribution >= 0.6 is 0 Å². The highest BCUT2D eigenvalue weighted by atomic mass is 16.2. The van der Waals surface area contributed by atoms with Gasteiger partial charge in [0.1, 0.15) is 0 Å².